The highest BCUT2D eigenvalue weighted by atomic mass is 19.4. The van der Waals surface area contributed by atoms with Gasteiger partial charge in [-0.2, -0.15) is 27.1 Å². The fourth-order valence-electron chi connectivity index (χ4n) is 2.88. The van der Waals surface area contributed by atoms with E-state index in [4.69, 9.17) is 4.74 Å². The summed E-state index contributed by atoms with van der Waals surface area (Å²) < 4.78 is 73.3. The second-order valence-electron chi connectivity index (χ2n) is 6.62. The summed E-state index contributed by atoms with van der Waals surface area (Å²) in [6.07, 6.45) is -5.22. The lowest BCUT2D eigenvalue weighted by molar-refractivity contribution is -0.141. The summed E-state index contributed by atoms with van der Waals surface area (Å²) in [5.74, 6) is -1.31. The van der Waals surface area contributed by atoms with Gasteiger partial charge in [-0.1, -0.05) is 12.1 Å². The van der Waals surface area contributed by atoms with Crippen LogP contribution in [-0.4, -0.2) is 33.8 Å². The maximum Gasteiger partial charge on any atom is 0.433 e. The fraction of sp³-hybridized carbons (Fsp3) is 0.250. The van der Waals surface area contributed by atoms with E-state index in [0.29, 0.717) is 17.0 Å². The topological polar surface area (TPSA) is 60.2 Å². The highest BCUT2D eigenvalue weighted by molar-refractivity contribution is 6.06. The van der Waals surface area contributed by atoms with Crippen molar-refractivity contribution in [1.82, 2.24) is 14.8 Å². The lowest BCUT2D eigenvalue weighted by Crippen LogP contribution is -2.29. The number of hydrogen-bond donors (Lipinski definition) is 0. The summed E-state index contributed by atoms with van der Waals surface area (Å²) in [4.78, 5) is 17.1. The van der Waals surface area contributed by atoms with E-state index in [2.05, 4.69) is 10.1 Å². The van der Waals surface area contributed by atoms with Gasteiger partial charge in [-0.05, 0) is 25.1 Å². The minimum Gasteiger partial charge on any atom is -0.427 e. The van der Waals surface area contributed by atoms with E-state index >= 15 is 0 Å². The molecule has 6 nitrogen and oxygen atoms in total. The van der Waals surface area contributed by atoms with Crippen LogP contribution in [-0.2, 0) is 13.2 Å². The molecule has 0 saturated heterocycles. The molecular weight excluding hydrogens is 423 g/mol. The monoisotopic (exact) mass is 440 g/mol. The molecule has 0 aliphatic rings. The highest BCUT2D eigenvalue weighted by Gasteiger charge is 2.34. The number of anilines is 1. The van der Waals surface area contributed by atoms with Crippen LogP contribution in [0.4, 0.5) is 27.6 Å². The molecule has 0 spiro atoms. The second-order valence-corrected chi connectivity index (χ2v) is 6.62. The SMILES string of the molecule is C/C=C/C(F)(F)Oc1cc2nn(C)cc2cc1N(C)C(=O)c1cccc(C(F)(F)F)n1. The number of rotatable bonds is 5. The molecule has 1 aromatic carbocycles. The van der Waals surface area contributed by atoms with Gasteiger partial charge in [0.25, 0.3) is 5.91 Å². The molecule has 0 saturated carbocycles. The molecule has 0 radical (unpaired) electrons. The number of halogens is 5. The van der Waals surface area contributed by atoms with Crippen LogP contribution in [0.3, 0.4) is 0 Å². The average molecular weight is 440 g/mol. The van der Waals surface area contributed by atoms with E-state index in [1.807, 2.05) is 0 Å². The molecule has 164 valence electrons. The first-order chi connectivity index (χ1) is 14.4. The average Bonchev–Trinajstić information content (AvgIpc) is 3.04. The highest BCUT2D eigenvalue weighted by Crippen LogP contribution is 2.36. The van der Waals surface area contributed by atoms with Gasteiger partial charge in [0.05, 0.1) is 11.2 Å². The first kappa shape index (κ1) is 22.2. The molecule has 0 bridgehead atoms. The first-order valence-electron chi connectivity index (χ1n) is 8.91. The van der Waals surface area contributed by atoms with E-state index in [0.717, 1.165) is 29.2 Å². The van der Waals surface area contributed by atoms with Crippen LogP contribution in [0.25, 0.3) is 10.9 Å². The number of fused-ring (bicyclic) bond motifs is 1. The summed E-state index contributed by atoms with van der Waals surface area (Å²) in [6.45, 7) is 1.38. The van der Waals surface area contributed by atoms with Crippen LogP contribution in [0.2, 0.25) is 0 Å². The molecular formula is C20H17F5N4O2. The van der Waals surface area contributed by atoms with Crippen LogP contribution in [0.1, 0.15) is 23.1 Å². The normalized spacial score (nSPS) is 12.5. The molecule has 31 heavy (non-hydrogen) atoms. The van der Waals surface area contributed by atoms with Gasteiger partial charge in [-0.3, -0.25) is 9.48 Å². The summed E-state index contributed by atoms with van der Waals surface area (Å²) in [7, 11) is 2.85. The number of aromatic nitrogens is 3. The third-order valence-electron chi connectivity index (χ3n) is 4.23. The van der Waals surface area contributed by atoms with Gasteiger partial charge < -0.3 is 9.64 Å². The van der Waals surface area contributed by atoms with E-state index < -0.39 is 29.6 Å². The molecule has 11 heteroatoms. The Hall–Kier alpha value is -3.50. The van der Waals surface area contributed by atoms with Gasteiger partial charge in [-0.25, -0.2) is 4.98 Å². The lowest BCUT2D eigenvalue weighted by atomic mass is 10.2. The number of alkyl halides is 5. The van der Waals surface area contributed by atoms with Crippen molar-refractivity contribution < 1.29 is 31.5 Å². The number of benzene rings is 1. The molecule has 2 aromatic heterocycles. The number of amides is 1. The van der Waals surface area contributed by atoms with Crippen LogP contribution in [0.15, 0.2) is 48.7 Å². The first-order valence-corrected chi connectivity index (χ1v) is 8.91. The maximum absolute atomic E-state index is 14.1. The molecule has 0 fully saturated rings. The number of pyridine rings is 1. The number of nitrogens with zero attached hydrogens (tertiary/aromatic N) is 4. The minimum atomic E-state index is -4.74. The predicted molar refractivity (Wildman–Crippen MR) is 103 cm³/mol. The smallest absolute Gasteiger partial charge is 0.427 e. The third kappa shape index (κ3) is 4.81. The zero-order chi connectivity index (χ0) is 23.0. The van der Waals surface area contributed by atoms with E-state index in [-0.39, 0.29) is 11.4 Å². The van der Waals surface area contributed by atoms with Gasteiger partial charge >= 0.3 is 12.3 Å². The largest absolute Gasteiger partial charge is 0.433 e. The van der Waals surface area contributed by atoms with Crippen LogP contribution in [0, 0.1) is 0 Å². The van der Waals surface area contributed by atoms with E-state index in [9.17, 15) is 26.7 Å². The van der Waals surface area contributed by atoms with Crippen LogP contribution >= 0.6 is 0 Å². The summed E-state index contributed by atoms with van der Waals surface area (Å²) in [6, 6.07) is 5.48. The van der Waals surface area contributed by atoms with Gasteiger partial charge in [0, 0.05) is 37.8 Å². The van der Waals surface area contributed by atoms with Gasteiger partial charge in [0.1, 0.15) is 11.4 Å². The Bertz CT molecular complexity index is 1150. The van der Waals surface area contributed by atoms with Crippen molar-refractivity contribution in [2.45, 2.75) is 19.2 Å². The molecule has 0 unspecified atom stereocenters. The number of ether oxygens (including phenoxy) is 1. The third-order valence-corrected chi connectivity index (χ3v) is 4.23. The number of carbonyl (C=O) groups excluding carboxylic acids is 1. The van der Waals surface area contributed by atoms with Crippen molar-refractivity contribution in [2.24, 2.45) is 7.05 Å². The van der Waals surface area contributed by atoms with Crippen molar-refractivity contribution >= 4 is 22.5 Å². The predicted octanol–water partition coefficient (Wildman–Crippen LogP) is 4.81. The van der Waals surface area contributed by atoms with Crippen molar-refractivity contribution in [3.8, 4) is 5.75 Å². The second kappa shape index (κ2) is 7.97. The zero-order valence-electron chi connectivity index (χ0n) is 16.6. The molecule has 3 aromatic rings. The zero-order valence-corrected chi connectivity index (χ0v) is 16.6. The Labute approximate surface area is 173 Å². The molecule has 0 aliphatic heterocycles. The molecule has 0 atom stereocenters. The van der Waals surface area contributed by atoms with E-state index in [1.54, 1.807) is 13.2 Å². The van der Waals surface area contributed by atoms with Gasteiger partial charge in [-0.15, -0.1) is 0 Å². The van der Waals surface area contributed by atoms with Crippen molar-refractivity contribution in [2.75, 3.05) is 11.9 Å². The number of carbonyl (C=O) groups is 1. The molecule has 0 aliphatic carbocycles. The maximum atomic E-state index is 14.1. The fourth-order valence-corrected chi connectivity index (χ4v) is 2.88. The molecule has 0 N–H and O–H groups in total. The number of aryl methyl sites for hydroxylation is 1. The summed E-state index contributed by atoms with van der Waals surface area (Å²) >= 11 is 0. The number of hydrogen-bond acceptors (Lipinski definition) is 4. The summed E-state index contributed by atoms with van der Waals surface area (Å²) in [5, 5.41) is 4.63. The standard InChI is InChI=1S/C20H17F5N4O2/c1-4-8-19(21,22)31-16-10-14-12(11-28(2)27-14)9-15(16)29(3)18(30)13-6-5-7-17(26-13)20(23,24)25/h4-11H,1-3H3/b8-4+. The Kier molecular flexibility index (Phi) is 5.70. The Morgan fingerprint density at radius 3 is 2.55 bits per heavy atom. The molecule has 2 heterocycles. The molecule has 3 rings (SSSR count). The lowest BCUT2D eigenvalue weighted by Gasteiger charge is -2.23. The quantitative estimate of drug-likeness (QED) is 0.422. The minimum absolute atomic E-state index is 0.0890. The molecule has 1 amide bonds. The van der Waals surface area contributed by atoms with Crippen LogP contribution in [0.5, 0.6) is 5.75 Å². The Morgan fingerprint density at radius 1 is 1.19 bits per heavy atom. The van der Waals surface area contributed by atoms with Gasteiger partial charge in [0.15, 0.2) is 5.75 Å². The van der Waals surface area contributed by atoms with E-state index in [1.165, 1.54) is 30.8 Å². The van der Waals surface area contributed by atoms with Gasteiger partial charge in [0.2, 0.25) is 0 Å². The Morgan fingerprint density at radius 2 is 1.90 bits per heavy atom. The Balaban J connectivity index is 2.07. The van der Waals surface area contributed by atoms with Crippen molar-refractivity contribution in [1.29, 1.82) is 0 Å². The van der Waals surface area contributed by atoms with Crippen molar-refractivity contribution in [3.63, 3.8) is 0 Å². The van der Waals surface area contributed by atoms with Crippen molar-refractivity contribution in [3.05, 3.63) is 60.1 Å². The number of allylic oxidation sites excluding steroid dienone is 1. The summed E-state index contributed by atoms with van der Waals surface area (Å²) in [5.41, 5.74) is -1.51. The van der Waals surface area contributed by atoms with Crippen LogP contribution < -0.4 is 9.64 Å².